The number of rotatable bonds is 12. The van der Waals surface area contributed by atoms with Gasteiger partial charge in [-0.25, -0.2) is 0 Å². The van der Waals surface area contributed by atoms with E-state index in [0.29, 0.717) is 6.42 Å². The van der Waals surface area contributed by atoms with Gasteiger partial charge in [0.15, 0.2) is 18.7 Å². The summed E-state index contributed by atoms with van der Waals surface area (Å²) >= 11 is 0. The Morgan fingerprint density at radius 1 is 0.846 bits per heavy atom. The first kappa shape index (κ1) is 58.7. The molecule has 3 saturated heterocycles. The maximum absolute atomic E-state index is 14.3. The molecule has 0 aromatic rings. The lowest BCUT2D eigenvalue weighted by atomic mass is 9.74. The van der Waals surface area contributed by atoms with E-state index in [2.05, 4.69) is 0 Å². The van der Waals surface area contributed by atoms with Gasteiger partial charge in [-0.2, -0.15) is 8.42 Å². The molecule has 0 amide bonds. The second-order valence-corrected chi connectivity index (χ2v) is 19.6. The number of Topliss-reactive ketones (excluding diaryl/α,β-unsaturated/α-hetero) is 1. The highest BCUT2D eigenvalue weighted by molar-refractivity contribution is 7.79. The molecule has 3 aliphatic rings. The number of esters is 3. The topological polar surface area (TPSA) is 301 Å². The van der Waals surface area contributed by atoms with Crippen molar-refractivity contribution in [3.63, 3.8) is 0 Å². The van der Waals surface area contributed by atoms with Gasteiger partial charge < -0.3 is 63.2 Å². The smallest absolute Gasteiger partial charge is 0.394 e. The van der Waals surface area contributed by atoms with Gasteiger partial charge in [-0.05, 0) is 81.8 Å². The SMILES string of the molecule is CCOC(=O)CCC(=O)O[C@H]1[C@H](O[C@@H]2[C@@H](C)[C@H](O[C@H]3C[C@@](C)(OC)[C@@H](O)[C@H](C)O3)[C@@H](C)C(=O)O[C@H](CC)[C@@](C)(O)[C@H](O)[C@@H](C)C(=O)[C@H](C)C[C@@]2(C)O)O[C@H](C)C[C@@H]1N(C)C.O=S(=O)(O)O. The van der Waals surface area contributed by atoms with Crippen molar-refractivity contribution in [2.75, 3.05) is 27.8 Å². The Labute approximate surface area is 383 Å². The van der Waals surface area contributed by atoms with Gasteiger partial charge in [-0.3, -0.25) is 28.3 Å². The first-order valence-corrected chi connectivity index (χ1v) is 23.6. The quantitative estimate of drug-likeness (QED) is 0.0926. The molecule has 3 heterocycles. The number of aliphatic hydroxyl groups is 4. The summed E-state index contributed by atoms with van der Waals surface area (Å²) in [5, 5.41) is 46.8. The molecule has 0 saturated carbocycles. The normalized spacial score (nSPS) is 41.3. The van der Waals surface area contributed by atoms with Gasteiger partial charge in [0.1, 0.15) is 23.6 Å². The van der Waals surface area contributed by atoms with Gasteiger partial charge in [0.05, 0.1) is 73.1 Å². The van der Waals surface area contributed by atoms with Crippen LogP contribution in [-0.2, 0) is 67.5 Å². The van der Waals surface area contributed by atoms with Crippen LogP contribution in [0.1, 0.15) is 115 Å². The van der Waals surface area contributed by atoms with Crippen LogP contribution in [0.5, 0.6) is 0 Å². The van der Waals surface area contributed by atoms with Crippen LogP contribution in [0.4, 0.5) is 0 Å². The fraction of sp³-hybridized carbons (Fsp3) is 0.907. The first-order valence-electron chi connectivity index (χ1n) is 22.2. The highest BCUT2D eigenvalue weighted by Crippen LogP contribution is 2.41. The van der Waals surface area contributed by atoms with E-state index in [-0.39, 0.29) is 38.7 Å². The van der Waals surface area contributed by atoms with E-state index >= 15 is 0 Å². The fourth-order valence-corrected chi connectivity index (χ4v) is 9.17. The van der Waals surface area contributed by atoms with Crippen molar-refractivity contribution < 1.29 is 95.0 Å². The molecule has 3 fully saturated rings. The van der Waals surface area contributed by atoms with Crippen molar-refractivity contribution >= 4 is 34.1 Å². The molecule has 0 aliphatic carbocycles. The van der Waals surface area contributed by atoms with Crippen molar-refractivity contribution in [3.05, 3.63) is 0 Å². The zero-order chi connectivity index (χ0) is 50.2. The third-order valence-corrected chi connectivity index (χ3v) is 12.9. The zero-order valence-corrected chi connectivity index (χ0v) is 41.2. The summed E-state index contributed by atoms with van der Waals surface area (Å²) < 4.78 is 80.4. The van der Waals surface area contributed by atoms with Crippen LogP contribution >= 0.6 is 0 Å². The summed E-state index contributed by atoms with van der Waals surface area (Å²) in [5.74, 6) is -6.64. The van der Waals surface area contributed by atoms with E-state index in [1.807, 2.05) is 25.9 Å². The predicted molar refractivity (Wildman–Crippen MR) is 230 cm³/mol. The number of likely N-dealkylation sites (N-methyl/N-ethyl adjacent to an activating group) is 1. The van der Waals surface area contributed by atoms with E-state index in [9.17, 15) is 39.6 Å². The van der Waals surface area contributed by atoms with Crippen molar-refractivity contribution in [1.82, 2.24) is 4.90 Å². The maximum atomic E-state index is 14.3. The Morgan fingerprint density at radius 2 is 1.42 bits per heavy atom. The Hall–Kier alpha value is -2.45. The third-order valence-electron chi connectivity index (χ3n) is 12.9. The zero-order valence-electron chi connectivity index (χ0n) is 40.4. The number of ketones is 1. The fourth-order valence-electron chi connectivity index (χ4n) is 9.17. The largest absolute Gasteiger partial charge is 0.466 e. The molecule has 65 heavy (non-hydrogen) atoms. The molecule has 380 valence electrons. The van der Waals surface area contributed by atoms with E-state index in [4.69, 9.17) is 55.4 Å². The highest BCUT2D eigenvalue weighted by Gasteiger charge is 2.54. The van der Waals surface area contributed by atoms with Crippen LogP contribution in [0.3, 0.4) is 0 Å². The van der Waals surface area contributed by atoms with E-state index < -0.39 is 142 Å². The average molecular weight is 960 g/mol. The average Bonchev–Trinajstić information content (AvgIpc) is 3.20. The molecule has 0 radical (unpaired) electrons. The lowest BCUT2D eigenvalue weighted by Crippen LogP contribution is -2.61. The van der Waals surface area contributed by atoms with Crippen molar-refractivity contribution in [2.45, 2.75) is 199 Å². The monoisotopic (exact) mass is 959 g/mol. The Balaban J connectivity index is 0.00000274. The van der Waals surface area contributed by atoms with Crippen LogP contribution in [-0.4, -0.2) is 179 Å². The Bertz CT molecular complexity index is 1670. The molecular weight excluding hydrogens is 883 g/mol. The van der Waals surface area contributed by atoms with Gasteiger partial charge in [-0.15, -0.1) is 0 Å². The molecule has 0 aromatic carbocycles. The molecule has 0 aromatic heterocycles. The number of nitrogens with zero attached hydrogens (tertiary/aromatic N) is 1. The van der Waals surface area contributed by atoms with Crippen LogP contribution in [0.2, 0.25) is 0 Å². The number of hydrogen-bond donors (Lipinski definition) is 6. The van der Waals surface area contributed by atoms with E-state index in [1.165, 1.54) is 27.9 Å². The lowest BCUT2D eigenvalue weighted by molar-refractivity contribution is -0.319. The maximum Gasteiger partial charge on any atom is 0.394 e. The molecule has 3 aliphatic heterocycles. The molecule has 3 rings (SSSR count). The van der Waals surface area contributed by atoms with Gasteiger partial charge in [0.25, 0.3) is 0 Å². The van der Waals surface area contributed by atoms with Gasteiger partial charge in [0.2, 0.25) is 0 Å². The van der Waals surface area contributed by atoms with Crippen molar-refractivity contribution in [3.8, 4) is 0 Å². The van der Waals surface area contributed by atoms with Crippen LogP contribution in [0.25, 0.3) is 0 Å². The molecule has 6 N–H and O–H groups in total. The molecule has 21 nitrogen and oxygen atoms in total. The summed E-state index contributed by atoms with van der Waals surface area (Å²) in [6.45, 7) is 17.9. The van der Waals surface area contributed by atoms with Gasteiger partial charge >= 0.3 is 28.3 Å². The highest BCUT2D eigenvalue weighted by atomic mass is 32.3. The molecule has 22 heteroatoms. The summed E-state index contributed by atoms with van der Waals surface area (Å²) in [4.78, 5) is 55.6. The first-order chi connectivity index (χ1) is 29.8. The number of cyclic esters (lactones) is 1. The van der Waals surface area contributed by atoms with Crippen LogP contribution in [0, 0.1) is 23.7 Å². The number of hydrogen-bond acceptors (Lipinski definition) is 19. The van der Waals surface area contributed by atoms with Crippen LogP contribution < -0.4 is 0 Å². The molecule has 0 bridgehead atoms. The number of methoxy groups -OCH3 is 1. The minimum atomic E-state index is -4.67. The number of carbonyl (C=O) groups excluding carboxylic acids is 4. The lowest BCUT2D eigenvalue weighted by Gasteiger charge is -2.49. The predicted octanol–water partition coefficient (Wildman–Crippen LogP) is 2.03. The minimum Gasteiger partial charge on any atom is -0.466 e. The summed E-state index contributed by atoms with van der Waals surface area (Å²) in [5.41, 5.74) is -5.06. The minimum absolute atomic E-state index is 0.0431. The van der Waals surface area contributed by atoms with Crippen LogP contribution in [0.15, 0.2) is 0 Å². The number of carbonyl (C=O) groups is 4. The molecule has 0 unspecified atom stereocenters. The van der Waals surface area contributed by atoms with Gasteiger partial charge in [0, 0.05) is 31.3 Å². The molecule has 0 spiro atoms. The number of ether oxygens (including phenoxy) is 8. The second kappa shape index (κ2) is 24.2. The van der Waals surface area contributed by atoms with Crippen molar-refractivity contribution in [1.29, 1.82) is 0 Å². The molecule has 18 atom stereocenters. The second-order valence-electron chi connectivity index (χ2n) is 18.7. The van der Waals surface area contributed by atoms with Gasteiger partial charge in [-0.1, -0.05) is 27.7 Å². The van der Waals surface area contributed by atoms with E-state index in [1.54, 1.807) is 48.5 Å². The Morgan fingerprint density at radius 3 is 1.94 bits per heavy atom. The standard InChI is InChI=1S/C43H75NO16.H2O4S/c1-15-29-43(11,52)36(48)24(5)33(47)22(3)20-41(9,51)38(25(6)34(26(7)39(50)57-29)59-32-21-42(10,53-14)37(49)27(8)56-32)60-40-35(28(44(12)13)19-23(4)55-40)58-31(46)18-17-30(45)54-16-2;1-5(2,3)4/h22-29,32,34-38,40,48-49,51-52H,15-21H2,1-14H3;(H2,1,2,3,4)/t22-,23-,24+,25+,26-,27+,28+,29-,32+,34+,35-,36-,37+,38-,40+,41-,42-,43-;/m1./s1. The summed E-state index contributed by atoms with van der Waals surface area (Å²) in [7, 11) is 0.428. The Kier molecular flexibility index (Phi) is 21.9. The number of aliphatic hydroxyl groups excluding tert-OH is 2. The summed E-state index contributed by atoms with van der Waals surface area (Å²) in [6.07, 6.45) is -11.1. The molecular formula is C43H77NO20S. The summed E-state index contributed by atoms with van der Waals surface area (Å²) in [6, 6.07) is -0.443. The third kappa shape index (κ3) is 16.1. The van der Waals surface area contributed by atoms with Crippen molar-refractivity contribution in [2.24, 2.45) is 23.7 Å². The van der Waals surface area contributed by atoms with E-state index in [0.717, 1.165) is 0 Å².